The highest BCUT2D eigenvalue weighted by atomic mass is 16.6. The number of alkyl carbamates (subject to hydrolysis) is 1. The van der Waals surface area contributed by atoms with Gasteiger partial charge in [-0.15, -0.1) is 0 Å². The molecule has 6 amide bonds. The number of ether oxygens (including phenoxy) is 3. The molecule has 0 unspecified atom stereocenters. The molecule has 0 radical (unpaired) electrons. The highest BCUT2D eigenvalue weighted by Crippen LogP contribution is 2.40. The van der Waals surface area contributed by atoms with Crippen molar-refractivity contribution < 1.29 is 52.6 Å². The predicted octanol–water partition coefficient (Wildman–Crippen LogP) is 4.91. The second-order valence-electron chi connectivity index (χ2n) is 18.0. The highest BCUT2D eigenvalue weighted by Gasteiger charge is 2.40. The molecule has 0 bridgehead atoms. The minimum absolute atomic E-state index is 0.0962. The molecule has 3 aromatic carbocycles. The fraction of sp³-hybridized carbons (Fsp3) is 0.462. The van der Waals surface area contributed by atoms with E-state index in [4.69, 9.17) is 14.2 Å². The highest BCUT2D eigenvalue weighted by molar-refractivity contribution is 5.94. The molecule has 0 saturated heterocycles. The molecule has 6 N–H and O–H groups in total. The smallest absolute Gasteiger partial charge is 0.407 e. The number of hydrogen-bond acceptors (Lipinski definition) is 11. The third-order valence-electron chi connectivity index (χ3n) is 10.5. The molecular weight excluding hydrogens is 885 g/mol. The van der Waals surface area contributed by atoms with E-state index in [1.807, 2.05) is 105 Å². The van der Waals surface area contributed by atoms with E-state index in [2.05, 4.69) is 38.5 Å². The van der Waals surface area contributed by atoms with E-state index in [1.54, 1.807) is 20.8 Å². The zero-order chi connectivity index (χ0) is 51.0. The number of rotatable bonds is 28. The van der Waals surface area contributed by atoms with Gasteiger partial charge in [0.2, 0.25) is 29.5 Å². The number of ketones is 1. The van der Waals surface area contributed by atoms with Crippen LogP contribution in [0.5, 0.6) is 0 Å². The van der Waals surface area contributed by atoms with Gasteiger partial charge in [-0.3, -0.25) is 28.8 Å². The number of amides is 6. The molecule has 0 aromatic heterocycles. The van der Waals surface area contributed by atoms with Crippen molar-refractivity contribution in [3.05, 3.63) is 120 Å². The number of Topliss-reactive ketones (excluding diaryl/α,β-unsaturated/α-hetero) is 1. The van der Waals surface area contributed by atoms with Crippen LogP contribution in [-0.2, 0) is 53.4 Å². The summed E-state index contributed by atoms with van der Waals surface area (Å²) >= 11 is 0. The molecule has 17 nitrogen and oxygen atoms in total. The molecule has 0 spiro atoms. The molecule has 0 aliphatic carbocycles. The Bertz CT molecular complexity index is 2070. The molecule has 0 aliphatic heterocycles. The molecule has 374 valence electrons. The average molecular weight is 955 g/mol. The molecule has 17 heteroatoms. The fourth-order valence-electron chi connectivity index (χ4n) is 7.30. The standard InChI is InChI=1S/C52H70N6O11/c1-9-31-67-49(65)42(55-37(5)60)28-29-45(61)57-43(32-35(2)3)48(64)58-44(47(63)54-33-46(62)56-41(36(4)59)27-19-20-30-53-50(66)69-51(6,7)8)34-68-52(38-21-13-10-14-22-38,39-23-15-11-16-24-39)40-25-17-12-18-26-40/h9-18,21-26,35,41-44H,1,19-20,27-34H2,2-8H3,(H,53,66)(H,54,63)(H,55,60)(H,56,62)(H,57,61)(H,58,64)/t41-,42-,43-,44-/m0/s1. The number of esters is 1. The van der Waals surface area contributed by atoms with E-state index < -0.39 is 90.1 Å². The minimum atomic E-state index is -1.45. The van der Waals surface area contributed by atoms with E-state index in [1.165, 1.54) is 19.9 Å². The van der Waals surface area contributed by atoms with Gasteiger partial charge in [-0.2, -0.15) is 0 Å². The van der Waals surface area contributed by atoms with Gasteiger partial charge in [0.25, 0.3) is 0 Å². The Morgan fingerprint density at radius 2 is 1.19 bits per heavy atom. The third-order valence-corrected chi connectivity index (χ3v) is 10.5. The molecule has 0 aliphatic rings. The fourth-order valence-corrected chi connectivity index (χ4v) is 7.30. The Kier molecular flexibility index (Phi) is 23.3. The topological polar surface area (TPSA) is 236 Å². The Morgan fingerprint density at radius 3 is 1.68 bits per heavy atom. The largest absolute Gasteiger partial charge is 0.460 e. The number of carbonyl (C=O) groups excluding carboxylic acids is 8. The van der Waals surface area contributed by atoms with Crippen LogP contribution < -0.4 is 31.9 Å². The van der Waals surface area contributed by atoms with Gasteiger partial charge in [-0.05, 0) is 82.4 Å². The second-order valence-corrected chi connectivity index (χ2v) is 18.0. The van der Waals surface area contributed by atoms with Crippen LogP contribution in [-0.4, -0.2) is 103 Å². The number of hydrogen-bond donors (Lipinski definition) is 6. The van der Waals surface area contributed by atoms with Crippen LogP contribution in [0.25, 0.3) is 0 Å². The van der Waals surface area contributed by atoms with Crippen molar-refractivity contribution >= 4 is 47.4 Å². The van der Waals surface area contributed by atoms with Crippen LogP contribution in [0.15, 0.2) is 104 Å². The van der Waals surface area contributed by atoms with Crippen molar-refractivity contribution in [2.75, 3.05) is 26.3 Å². The Hall–Kier alpha value is -6.88. The SMILES string of the molecule is C=CCOC(=O)[C@H](CCC(=O)N[C@@H](CC(C)C)C(=O)N[C@@H](COC(c1ccccc1)(c1ccccc1)c1ccccc1)C(=O)NCC(=O)N[C@@H](CCCCNC(=O)OC(C)(C)C)C(C)=O)NC(C)=O. The number of carbonyl (C=O) groups is 8. The van der Waals surface area contributed by atoms with Gasteiger partial charge in [0, 0.05) is 19.9 Å². The minimum Gasteiger partial charge on any atom is -0.460 e. The normalized spacial score (nSPS) is 13.0. The zero-order valence-corrected chi connectivity index (χ0v) is 40.9. The van der Waals surface area contributed by atoms with Crippen molar-refractivity contribution in [2.24, 2.45) is 5.92 Å². The van der Waals surface area contributed by atoms with Gasteiger partial charge in [0.15, 0.2) is 5.78 Å². The molecule has 0 heterocycles. The summed E-state index contributed by atoms with van der Waals surface area (Å²) in [7, 11) is 0. The lowest BCUT2D eigenvalue weighted by Crippen LogP contribution is -2.57. The number of unbranched alkanes of at least 4 members (excludes halogenated alkanes) is 1. The van der Waals surface area contributed by atoms with Crippen LogP contribution in [0.3, 0.4) is 0 Å². The van der Waals surface area contributed by atoms with Gasteiger partial charge in [0.1, 0.15) is 35.9 Å². The van der Waals surface area contributed by atoms with Crippen LogP contribution in [0.4, 0.5) is 4.79 Å². The summed E-state index contributed by atoms with van der Waals surface area (Å²) in [5.74, 6) is -4.46. The predicted molar refractivity (Wildman–Crippen MR) is 260 cm³/mol. The summed E-state index contributed by atoms with van der Waals surface area (Å²) in [6.45, 7) is 14.3. The van der Waals surface area contributed by atoms with Crippen LogP contribution in [0.2, 0.25) is 0 Å². The average Bonchev–Trinajstić information content (AvgIpc) is 3.30. The summed E-state index contributed by atoms with van der Waals surface area (Å²) in [6, 6.07) is 23.5. The van der Waals surface area contributed by atoms with Crippen LogP contribution in [0.1, 0.15) is 104 Å². The van der Waals surface area contributed by atoms with Gasteiger partial charge in [-0.1, -0.05) is 117 Å². The van der Waals surface area contributed by atoms with E-state index >= 15 is 0 Å². The first-order valence-electron chi connectivity index (χ1n) is 23.2. The van der Waals surface area contributed by atoms with Gasteiger partial charge >= 0.3 is 12.1 Å². The summed E-state index contributed by atoms with van der Waals surface area (Å²) in [4.78, 5) is 104. The molecule has 69 heavy (non-hydrogen) atoms. The second kappa shape index (κ2) is 28.4. The van der Waals surface area contributed by atoms with Crippen molar-refractivity contribution in [1.82, 2.24) is 31.9 Å². The van der Waals surface area contributed by atoms with Crippen molar-refractivity contribution in [3.8, 4) is 0 Å². The lowest BCUT2D eigenvalue weighted by atomic mass is 9.80. The monoisotopic (exact) mass is 955 g/mol. The Balaban J connectivity index is 1.90. The van der Waals surface area contributed by atoms with E-state index in [0.29, 0.717) is 19.4 Å². The molecule has 4 atom stereocenters. The first kappa shape index (κ1) is 56.4. The molecular formula is C52H70N6O11. The maximum atomic E-state index is 14.3. The molecule has 0 saturated carbocycles. The van der Waals surface area contributed by atoms with E-state index in [-0.39, 0.29) is 44.0 Å². The zero-order valence-electron chi connectivity index (χ0n) is 40.9. The number of nitrogens with one attached hydrogen (secondary N) is 6. The first-order chi connectivity index (χ1) is 32.7. The van der Waals surface area contributed by atoms with E-state index in [9.17, 15) is 38.4 Å². The summed E-state index contributed by atoms with van der Waals surface area (Å²) in [5.41, 5.74) is 0.197. The van der Waals surface area contributed by atoms with Gasteiger partial charge < -0.3 is 46.1 Å². The Labute approximate surface area is 405 Å². The van der Waals surface area contributed by atoms with Crippen LogP contribution >= 0.6 is 0 Å². The van der Waals surface area contributed by atoms with E-state index in [0.717, 1.165) is 16.7 Å². The summed E-state index contributed by atoms with van der Waals surface area (Å²) in [6.07, 6.45) is 1.82. The lowest BCUT2D eigenvalue weighted by Gasteiger charge is -2.37. The summed E-state index contributed by atoms with van der Waals surface area (Å²) < 4.78 is 17.3. The third kappa shape index (κ3) is 19.7. The number of benzene rings is 3. The molecule has 0 fully saturated rings. The quantitative estimate of drug-likeness (QED) is 0.0248. The molecule has 3 aromatic rings. The lowest BCUT2D eigenvalue weighted by molar-refractivity contribution is -0.147. The van der Waals surface area contributed by atoms with Crippen LogP contribution in [0, 0.1) is 5.92 Å². The van der Waals surface area contributed by atoms with Crippen molar-refractivity contribution in [2.45, 2.75) is 122 Å². The Morgan fingerprint density at radius 1 is 0.638 bits per heavy atom. The van der Waals surface area contributed by atoms with Crippen molar-refractivity contribution in [1.29, 1.82) is 0 Å². The van der Waals surface area contributed by atoms with Crippen molar-refractivity contribution in [3.63, 3.8) is 0 Å². The molecule has 3 rings (SSSR count). The first-order valence-corrected chi connectivity index (χ1v) is 23.2. The summed E-state index contributed by atoms with van der Waals surface area (Å²) in [5, 5.41) is 15.9. The van der Waals surface area contributed by atoms with Gasteiger partial charge in [-0.25, -0.2) is 9.59 Å². The maximum Gasteiger partial charge on any atom is 0.407 e. The maximum absolute atomic E-state index is 14.3. The van der Waals surface area contributed by atoms with Gasteiger partial charge in [0.05, 0.1) is 19.2 Å².